The molecule has 1 rings (SSSR count). The first kappa shape index (κ1) is 16.4. The second-order valence-corrected chi connectivity index (χ2v) is 4.79. The summed E-state index contributed by atoms with van der Waals surface area (Å²) in [5, 5.41) is 8.81. The fourth-order valence-corrected chi connectivity index (χ4v) is 2.11. The first-order valence-corrected chi connectivity index (χ1v) is 6.73. The lowest BCUT2D eigenvalue weighted by Crippen LogP contribution is -2.33. The molecule has 0 bridgehead atoms. The van der Waals surface area contributed by atoms with Crippen LogP contribution in [0.3, 0.4) is 0 Å². The van der Waals surface area contributed by atoms with Crippen molar-refractivity contribution >= 4 is 5.69 Å². The van der Waals surface area contributed by atoms with Gasteiger partial charge in [0.15, 0.2) is 0 Å². The molecular weight excluding hydrogens is 265 g/mol. The molecule has 2 nitrogen and oxygen atoms in total. The molecule has 0 aliphatic rings. The summed E-state index contributed by atoms with van der Waals surface area (Å²) in [6.45, 7) is 6.67. The minimum atomic E-state index is -4.51. The van der Waals surface area contributed by atoms with E-state index in [1.807, 2.05) is 25.7 Å². The molecule has 0 radical (unpaired) electrons. The second kappa shape index (κ2) is 6.65. The van der Waals surface area contributed by atoms with E-state index in [1.54, 1.807) is 12.1 Å². The Morgan fingerprint density at radius 1 is 1.30 bits per heavy atom. The standard InChI is InChI=1S/C15H19F3N2/c1-4-8-20(11(3)5-2)13-7-6-12(10-19)14(9-13)15(16,17)18/h6-7,9,11H,4-5,8H2,1-3H3/t11-/m0/s1. The van der Waals surface area contributed by atoms with Gasteiger partial charge in [-0.25, -0.2) is 0 Å². The van der Waals surface area contributed by atoms with Gasteiger partial charge in [0.25, 0.3) is 0 Å². The number of rotatable bonds is 5. The zero-order chi connectivity index (χ0) is 15.3. The molecule has 5 heteroatoms. The molecule has 1 aromatic rings. The van der Waals surface area contributed by atoms with Crippen LogP contribution < -0.4 is 4.90 Å². The summed E-state index contributed by atoms with van der Waals surface area (Å²) < 4.78 is 38.9. The van der Waals surface area contributed by atoms with E-state index in [0.717, 1.165) is 18.9 Å². The topological polar surface area (TPSA) is 27.0 Å². The largest absolute Gasteiger partial charge is 0.417 e. The van der Waals surface area contributed by atoms with Crippen LogP contribution >= 0.6 is 0 Å². The minimum absolute atomic E-state index is 0.156. The van der Waals surface area contributed by atoms with Crippen molar-refractivity contribution in [3.8, 4) is 6.07 Å². The molecule has 1 aromatic carbocycles. The number of nitriles is 1. The summed E-state index contributed by atoms with van der Waals surface area (Å²) in [4.78, 5) is 1.95. The summed E-state index contributed by atoms with van der Waals surface area (Å²) in [7, 11) is 0. The molecule has 0 heterocycles. The molecule has 0 N–H and O–H groups in total. The number of anilines is 1. The quantitative estimate of drug-likeness (QED) is 0.790. The van der Waals surface area contributed by atoms with Crippen molar-refractivity contribution in [1.82, 2.24) is 0 Å². The summed E-state index contributed by atoms with van der Waals surface area (Å²) in [5.41, 5.74) is -0.670. The summed E-state index contributed by atoms with van der Waals surface area (Å²) in [6, 6.07) is 5.69. The van der Waals surface area contributed by atoms with Crippen molar-refractivity contribution in [3.63, 3.8) is 0 Å². The maximum Gasteiger partial charge on any atom is 0.417 e. The lowest BCUT2D eigenvalue weighted by molar-refractivity contribution is -0.137. The molecule has 0 spiro atoms. The van der Waals surface area contributed by atoms with Gasteiger partial charge >= 0.3 is 6.18 Å². The van der Waals surface area contributed by atoms with Crippen LogP contribution in [0.15, 0.2) is 18.2 Å². The monoisotopic (exact) mass is 284 g/mol. The fraction of sp³-hybridized carbons (Fsp3) is 0.533. The molecule has 20 heavy (non-hydrogen) atoms. The number of halogens is 3. The number of hydrogen-bond donors (Lipinski definition) is 0. The van der Waals surface area contributed by atoms with Gasteiger partial charge in [0, 0.05) is 18.3 Å². The fourth-order valence-electron chi connectivity index (χ4n) is 2.11. The highest BCUT2D eigenvalue weighted by Gasteiger charge is 2.34. The normalized spacial score (nSPS) is 12.8. The lowest BCUT2D eigenvalue weighted by atomic mass is 10.1. The van der Waals surface area contributed by atoms with Crippen LogP contribution in [0, 0.1) is 11.3 Å². The van der Waals surface area contributed by atoms with Gasteiger partial charge in [0.05, 0.1) is 17.2 Å². The molecule has 0 aromatic heterocycles. The Morgan fingerprint density at radius 2 is 1.95 bits per heavy atom. The van der Waals surface area contributed by atoms with E-state index in [2.05, 4.69) is 0 Å². The molecule has 0 fully saturated rings. The van der Waals surface area contributed by atoms with Crippen molar-refractivity contribution in [1.29, 1.82) is 5.26 Å². The highest BCUT2D eigenvalue weighted by molar-refractivity contribution is 5.55. The van der Waals surface area contributed by atoms with Crippen molar-refractivity contribution in [2.45, 2.75) is 45.8 Å². The van der Waals surface area contributed by atoms with Crippen LogP contribution in [-0.4, -0.2) is 12.6 Å². The summed E-state index contributed by atoms with van der Waals surface area (Å²) in [5.74, 6) is 0. The average Bonchev–Trinajstić information content (AvgIpc) is 2.42. The molecule has 0 aliphatic carbocycles. The van der Waals surface area contributed by atoms with Gasteiger partial charge < -0.3 is 4.90 Å². The van der Waals surface area contributed by atoms with Gasteiger partial charge in [-0.15, -0.1) is 0 Å². The van der Waals surface area contributed by atoms with E-state index in [1.165, 1.54) is 6.07 Å². The Bertz CT molecular complexity index is 489. The van der Waals surface area contributed by atoms with Crippen LogP contribution in [0.2, 0.25) is 0 Å². The van der Waals surface area contributed by atoms with E-state index >= 15 is 0 Å². The average molecular weight is 284 g/mol. The van der Waals surface area contributed by atoms with Crippen LogP contribution in [0.4, 0.5) is 18.9 Å². The molecule has 0 saturated heterocycles. The second-order valence-electron chi connectivity index (χ2n) is 4.79. The number of nitrogens with zero attached hydrogens (tertiary/aromatic N) is 2. The Morgan fingerprint density at radius 3 is 2.40 bits per heavy atom. The highest BCUT2D eigenvalue weighted by atomic mass is 19.4. The van der Waals surface area contributed by atoms with E-state index in [9.17, 15) is 13.2 Å². The van der Waals surface area contributed by atoms with Crippen LogP contribution in [0.5, 0.6) is 0 Å². The first-order valence-electron chi connectivity index (χ1n) is 6.73. The van der Waals surface area contributed by atoms with Crippen molar-refractivity contribution in [3.05, 3.63) is 29.3 Å². The molecule has 0 aliphatic heterocycles. The third kappa shape index (κ3) is 3.66. The number of hydrogen-bond acceptors (Lipinski definition) is 2. The SMILES string of the molecule is CCCN(c1ccc(C#N)c(C(F)(F)F)c1)[C@@H](C)CC. The lowest BCUT2D eigenvalue weighted by Gasteiger charge is -2.31. The van der Waals surface area contributed by atoms with Gasteiger partial charge in [-0.3, -0.25) is 0 Å². The highest BCUT2D eigenvalue weighted by Crippen LogP contribution is 2.35. The Hall–Kier alpha value is -1.70. The zero-order valence-electron chi connectivity index (χ0n) is 12.0. The Labute approximate surface area is 117 Å². The molecular formula is C15H19F3N2. The van der Waals surface area contributed by atoms with E-state index in [0.29, 0.717) is 12.2 Å². The summed E-state index contributed by atoms with van der Waals surface area (Å²) in [6.07, 6.45) is -2.80. The van der Waals surface area contributed by atoms with Gasteiger partial charge in [-0.1, -0.05) is 13.8 Å². The van der Waals surface area contributed by atoms with Crippen molar-refractivity contribution < 1.29 is 13.2 Å². The number of benzene rings is 1. The van der Waals surface area contributed by atoms with Crippen LogP contribution in [0.1, 0.15) is 44.7 Å². The minimum Gasteiger partial charge on any atom is -0.369 e. The maximum absolute atomic E-state index is 13.0. The van der Waals surface area contributed by atoms with Crippen molar-refractivity contribution in [2.24, 2.45) is 0 Å². The van der Waals surface area contributed by atoms with Gasteiger partial charge in [-0.05, 0) is 38.0 Å². The molecule has 0 saturated carbocycles. The third-order valence-corrected chi connectivity index (χ3v) is 3.35. The zero-order valence-corrected chi connectivity index (χ0v) is 12.0. The molecule has 0 amide bonds. The van der Waals surface area contributed by atoms with Gasteiger partial charge in [-0.2, -0.15) is 18.4 Å². The maximum atomic E-state index is 13.0. The molecule has 110 valence electrons. The Balaban J connectivity index is 3.28. The van der Waals surface area contributed by atoms with Crippen molar-refractivity contribution in [2.75, 3.05) is 11.4 Å². The predicted octanol–water partition coefficient (Wildman–Crippen LogP) is 4.59. The first-order chi connectivity index (χ1) is 9.35. The van der Waals surface area contributed by atoms with E-state index < -0.39 is 11.7 Å². The van der Waals surface area contributed by atoms with E-state index in [4.69, 9.17) is 5.26 Å². The Kier molecular flexibility index (Phi) is 5.43. The van der Waals surface area contributed by atoms with Gasteiger partial charge in [0.2, 0.25) is 0 Å². The van der Waals surface area contributed by atoms with Crippen LogP contribution in [-0.2, 0) is 6.18 Å². The smallest absolute Gasteiger partial charge is 0.369 e. The molecule has 1 atom stereocenters. The van der Waals surface area contributed by atoms with Gasteiger partial charge in [0.1, 0.15) is 0 Å². The third-order valence-electron chi connectivity index (χ3n) is 3.35. The summed E-state index contributed by atoms with van der Waals surface area (Å²) >= 11 is 0. The predicted molar refractivity (Wildman–Crippen MR) is 73.5 cm³/mol. The number of alkyl halides is 3. The molecule has 0 unspecified atom stereocenters. The van der Waals surface area contributed by atoms with Crippen LogP contribution in [0.25, 0.3) is 0 Å². The van der Waals surface area contributed by atoms with E-state index in [-0.39, 0.29) is 11.6 Å².